The quantitative estimate of drug-likeness (QED) is 0.482. The average Bonchev–Trinajstić information content (AvgIpc) is 2.80. The molecule has 2 aromatic rings. The van der Waals surface area contributed by atoms with Gasteiger partial charge in [-0.1, -0.05) is 76.2 Å². The molecule has 0 radical (unpaired) electrons. The van der Waals surface area contributed by atoms with Gasteiger partial charge in [0.05, 0.1) is 12.0 Å². The van der Waals surface area contributed by atoms with Crippen molar-refractivity contribution in [2.24, 2.45) is 0 Å². The van der Waals surface area contributed by atoms with Crippen LogP contribution in [0.5, 0.6) is 0 Å². The number of hydrogen-bond donors (Lipinski definition) is 0. The molecule has 0 aromatic heterocycles. The standard InChI is InChI=1S/C10H12O3.C9H10O3.2C2H6/c1-12-8-13-10(11)7-9-5-3-2-4-6-9;1-11-7-12-9(10)8-5-3-2-4-6-8;2*1-2/h2-6H,7-8H2,1H3;2-6H,7H2,1H3;2*1-2H3. The topological polar surface area (TPSA) is 71.1 Å². The Balaban J connectivity index is 0. The van der Waals surface area contributed by atoms with Crippen LogP contribution in [-0.4, -0.2) is 39.7 Å². The lowest BCUT2D eigenvalue weighted by Gasteiger charge is -2.02. The Kier molecular flexibility index (Phi) is 21.2. The third-order valence-electron chi connectivity index (χ3n) is 2.85. The summed E-state index contributed by atoms with van der Waals surface area (Å²) in [6, 6.07) is 18.2. The molecule has 0 spiro atoms. The zero-order valence-corrected chi connectivity index (χ0v) is 18.3. The fourth-order valence-electron chi connectivity index (χ4n) is 1.71. The highest BCUT2D eigenvalue weighted by Crippen LogP contribution is 2.01. The van der Waals surface area contributed by atoms with Gasteiger partial charge in [0, 0.05) is 14.2 Å². The van der Waals surface area contributed by atoms with Crippen LogP contribution in [-0.2, 0) is 30.2 Å². The second kappa shape index (κ2) is 21.6. The molecule has 0 saturated heterocycles. The maximum absolute atomic E-state index is 11.1. The first-order chi connectivity index (χ1) is 14.2. The van der Waals surface area contributed by atoms with Crippen molar-refractivity contribution in [3.63, 3.8) is 0 Å². The number of carbonyl (C=O) groups is 2. The molecule has 0 aliphatic rings. The Morgan fingerprint density at radius 2 is 1.14 bits per heavy atom. The molecule has 162 valence electrons. The van der Waals surface area contributed by atoms with Gasteiger partial charge in [-0.05, 0) is 17.7 Å². The first kappa shape index (κ1) is 28.5. The summed E-state index contributed by atoms with van der Waals surface area (Å²) in [6.07, 6.45) is 0.296. The van der Waals surface area contributed by atoms with Gasteiger partial charge >= 0.3 is 11.9 Å². The maximum Gasteiger partial charge on any atom is 0.340 e. The first-order valence-corrected chi connectivity index (χ1v) is 9.57. The molecule has 6 nitrogen and oxygen atoms in total. The van der Waals surface area contributed by atoms with Gasteiger partial charge in [0.2, 0.25) is 0 Å². The number of hydrogen-bond acceptors (Lipinski definition) is 6. The van der Waals surface area contributed by atoms with Crippen molar-refractivity contribution in [1.82, 2.24) is 0 Å². The van der Waals surface area contributed by atoms with Crippen LogP contribution in [0.3, 0.4) is 0 Å². The molecular formula is C23H34O6. The number of ether oxygens (including phenoxy) is 4. The van der Waals surface area contributed by atoms with Gasteiger partial charge in [0.25, 0.3) is 0 Å². The van der Waals surface area contributed by atoms with Gasteiger partial charge in [-0.3, -0.25) is 4.79 Å². The normalized spacial score (nSPS) is 8.62. The van der Waals surface area contributed by atoms with Gasteiger partial charge in [0.1, 0.15) is 0 Å². The summed E-state index contributed by atoms with van der Waals surface area (Å²) in [5.41, 5.74) is 1.48. The molecule has 6 heteroatoms. The van der Waals surface area contributed by atoms with E-state index in [0.29, 0.717) is 12.0 Å². The van der Waals surface area contributed by atoms with Crippen molar-refractivity contribution in [3.05, 3.63) is 71.8 Å². The Hall–Kier alpha value is -2.70. The Labute approximate surface area is 174 Å². The van der Waals surface area contributed by atoms with Crippen molar-refractivity contribution in [2.75, 3.05) is 27.8 Å². The van der Waals surface area contributed by atoms with Gasteiger partial charge in [-0.25, -0.2) is 4.79 Å². The summed E-state index contributed by atoms with van der Waals surface area (Å²) in [6.45, 7) is 8.01. The smallest absolute Gasteiger partial charge is 0.340 e. The SMILES string of the molecule is CC.CC.COCOC(=O)Cc1ccccc1.COCOC(=O)c1ccccc1. The summed E-state index contributed by atoms with van der Waals surface area (Å²) >= 11 is 0. The molecule has 2 rings (SSSR count). The van der Waals surface area contributed by atoms with Gasteiger partial charge in [0.15, 0.2) is 13.6 Å². The second-order valence-corrected chi connectivity index (χ2v) is 4.79. The van der Waals surface area contributed by atoms with E-state index >= 15 is 0 Å². The number of carbonyl (C=O) groups excluding carboxylic acids is 2. The molecule has 0 atom stereocenters. The van der Waals surface area contributed by atoms with Crippen molar-refractivity contribution >= 4 is 11.9 Å². The molecule has 0 N–H and O–H groups in total. The van der Waals surface area contributed by atoms with Crippen LogP contribution < -0.4 is 0 Å². The van der Waals surface area contributed by atoms with E-state index in [1.807, 2.05) is 64.1 Å². The Morgan fingerprint density at radius 1 is 0.690 bits per heavy atom. The molecule has 0 aliphatic carbocycles. The maximum atomic E-state index is 11.1. The predicted molar refractivity (Wildman–Crippen MR) is 115 cm³/mol. The summed E-state index contributed by atoms with van der Waals surface area (Å²) in [7, 11) is 2.95. The molecule has 0 bridgehead atoms. The van der Waals surface area contributed by atoms with E-state index in [0.717, 1.165) is 5.56 Å². The molecule has 0 heterocycles. The summed E-state index contributed by atoms with van der Waals surface area (Å²) < 4.78 is 18.6. The fourth-order valence-corrected chi connectivity index (χ4v) is 1.71. The van der Waals surface area contributed by atoms with Crippen LogP contribution in [0.1, 0.15) is 43.6 Å². The van der Waals surface area contributed by atoms with E-state index in [4.69, 9.17) is 9.47 Å². The highest BCUT2D eigenvalue weighted by molar-refractivity contribution is 5.89. The monoisotopic (exact) mass is 406 g/mol. The van der Waals surface area contributed by atoms with Crippen LogP contribution in [0.15, 0.2) is 60.7 Å². The van der Waals surface area contributed by atoms with Crippen LogP contribution in [0.25, 0.3) is 0 Å². The van der Waals surface area contributed by atoms with E-state index in [-0.39, 0.29) is 25.5 Å². The molecule has 2 aromatic carbocycles. The zero-order chi connectivity index (χ0) is 22.3. The summed E-state index contributed by atoms with van der Waals surface area (Å²) in [5, 5.41) is 0. The van der Waals surface area contributed by atoms with Crippen LogP contribution in [0.2, 0.25) is 0 Å². The lowest BCUT2D eigenvalue weighted by Crippen LogP contribution is -2.09. The largest absolute Gasteiger partial charge is 0.438 e. The van der Waals surface area contributed by atoms with Crippen LogP contribution in [0, 0.1) is 0 Å². The van der Waals surface area contributed by atoms with Crippen molar-refractivity contribution in [1.29, 1.82) is 0 Å². The third kappa shape index (κ3) is 16.0. The number of benzene rings is 2. The minimum atomic E-state index is -0.363. The first-order valence-electron chi connectivity index (χ1n) is 9.57. The molecule has 0 unspecified atom stereocenters. The predicted octanol–water partition coefficient (Wildman–Crippen LogP) is 4.88. The van der Waals surface area contributed by atoms with Crippen molar-refractivity contribution in [3.8, 4) is 0 Å². The van der Waals surface area contributed by atoms with Gasteiger partial charge < -0.3 is 18.9 Å². The van der Waals surface area contributed by atoms with E-state index in [9.17, 15) is 9.59 Å². The molecule has 0 amide bonds. The lowest BCUT2D eigenvalue weighted by molar-refractivity contribution is -0.153. The molecule has 29 heavy (non-hydrogen) atoms. The zero-order valence-electron chi connectivity index (χ0n) is 18.3. The second-order valence-electron chi connectivity index (χ2n) is 4.79. The summed E-state index contributed by atoms with van der Waals surface area (Å²) in [4.78, 5) is 22.2. The van der Waals surface area contributed by atoms with Crippen LogP contribution in [0.4, 0.5) is 0 Å². The van der Waals surface area contributed by atoms with E-state index in [1.165, 1.54) is 14.2 Å². The Morgan fingerprint density at radius 3 is 1.62 bits per heavy atom. The number of methoxy groups -OCH3 is 2. The number of rotatable bonds is 7. The van der Waals surface area contributed by atoms with Crippen LogP contribution >= 0.6 is 0 Å². The molecule has 0 saturated carbocycles. The fraction of sp³-hybridized carbons (Fsp3) is 0.391. The molecule has 0 aliphatic heterocycles. The third-order valence-corrected chi connectivity index (χ3v) is 2.85. The van der Waals surface area contributed by atoms with E-state index in [2.05, 4.69) is 9.47 Å². The highest BCUT2D eigenvalue weighted by Gasteiger charge is 2.04. The van der Waals surface area contributed by atoms with Crippen molar-refractivity contribution < 1.29 is 28.5 Å². The van der Waals surface area contributed by atoms with Gasteiger partial charge in [-0.15, -0.1) is 0 Å². The average molecular weight is 407 g/mol. The number of esters is 2. The molecule has 0 fully saturated rings. The Bertz CT molecular complexity index is 614. The molecular weight excluding hydrogens is 372 g/mol. The van der Waals surface area contributed by atoms with Crippen molar-refractivity contribution in [2.45, 2.75) is 34.1 Å². The van der Waals surface area contributed by atoms with Gasteiger partial charge in [-0.2, -0.15) is 0 Å². The minimum Gasteiger partial charge on any atom is -0.438 e. The van der Waals surface area contributed by atoms with E-state index in [1.54, 1.807) is 24.3 Å². The minimum absolute atomic E-state index is 0.00622. The summed E-state index contributed by atoms with van der Waals surface area (Å²) in [5.74, 6) is -0.634. The lowest BCUT2D eigenvalue weighted by atomic mass is 10.2. The van der Waals surface area contributed by atoms with E-state index < -0.39 is 0 Å². The highest BCUT2D eigenvalue weighted by atomic mass is 16.7.